The summed E-state index contributed by atoms with van der Waals surface area (Å²) >= 11 is 4.73. The fourth-order valence-corrected chi connectivity index (χ4v) is 1.24. The van der Waals surface area contributed by atoms with E-state index >= 15 is 0 Å². The summed E-state index contributed by atoms with van der Waals surface area (Å²) in [5.74, 6) is 0. The standard InChI is InChI=1S/C11H12N2OS/c12-11(15)13-10-6-3-5-9(8-10)4-1-2-7-14/h1,3-8H,2H2,(H3,12,13,15). The number of thiocarbonyl (C=S) groups is 1. The average molecular weight is 220 g/mol. The van der Waals surface area contributed by atoms with Crippen LogP contribution in [0.2, 0.25) is 0 Å². The highest BCUT2D eigenvalue weighted by Crippen LogP contribution is 2.11. The number of hydrogen-bond acceptors (Lipinski definition) is 2. The van der Waals surface area contributed by atoms with Crippen molar-refractivity contribution in [3.8, 4) is 0 Å². The predicted octanol–water partition coefficient (Wildman–Crippen LogP) is 1.94. The highest BCUT2D eigenvalue weighted by atomic mass is 32.1. The first kappa shape index (κ1) is 11.4. The number of carbonyl (C=O) groups is 1. The first-order valence-corrected chi connectivity index (χ1v) is 4.90. The molecule has 1 rings (SSSR count). The molecular formula is C11H12N2OS. The van der Waals surface area contributed by atoms with Crippen LogP contribution < -0.4 is 11.1 Å². The highest BCUT2D eigenvalue weighted by Gasteiger charge is 1.93. The van der Waals surface area contributed by atoms with Gasteiger partial charge in [0, 0.05) is 12.1 Å². The number of anilines is 1. The molecule has 4 heteroatoms. The fourth-order valence-electron chi connectivity index (χ4n) is 1.12. The summed E-state index contributed by atoms with van der Waals surface area (Å²) in [6.45, 7) is 0. The van der Waals surface area contributed by atoms with Gasteiger partial charge in [-0.25, -0.2) is 0 Å². The Kier molecular flexibility index (Phi) is 4.50. The number of benzene rings is 1. The number of hydrogen-bond donors (Lipinski definition) is 2. The summed E-state index contributed by atoms with van der Waals surface area (Å²) in [6, 6.07) is 7.60. The summed E-state index contributed by atoms with van der Waals surface area (Å²) in [7, 11) is 0. The Morgan fingerprint density at radius 2 is 2.33 bits per heavy atom. The Morgan fingerprint density at radius 1 is 1.53 bits per heavy atom. The molecule has 0 amide bonds. The van der Waals surface area contributed by atoms with Gasteiger partial charge >= 0.3 is 0 Å². The lowest BCUT2D eigenvalue weighted by molar-refractivity contribution is -0.107. The van der Waals surface area contributed by atoms with Crippen LogP contribution in [0.15, 0.2) is 30.3 Å². The molecule has 0 aliphatic carbocycles. The molecule has 0 unspecified atom stereocenters. The maximum absolute atomic E-state index is 10.1. The maximum atomic E-state index is 10.1. The SMILES string of the molecule is NC(=S)Nc1cccc(C=CCC=O)c1. The van der Waals surface area contributed by atoms with Crippen LogP contribution in [0.3, 0.4) is 0 Å². The topological polar surface area (TPSA) is 55.1 Å². The first-order chi connectivity index (χ1) is 7.22. The fraction of sp³-hybridized carbons (Fsp3) is 0.0909. The Bertz CT molecular complexity index is 388. The lowest BCUT2D eigenvalue weighted by Crippen LogP contribution is -2.18. The summed E-state index contributed by atoms with van der Waals surface area (Å²) in [5, 5.41) is 3.08. The number of aldehydes is 1. The molecule has 0 heterocycles. The first-order valence-electron chi connectivity index (χ1n) is 4.49. The lowest BCUT2D eigenvalue weighted by atomic mass is 10.2. The minimum Gasteiger partial charge on any atom is -0.376 e. The molecule has 0 aromatic heterocycles. The molecule has 78 valence electrons. The summed E-state index contributed by atoms with van der Waals surface area (Å²) in [6.07, 6.45) is 4.95. The van der Waals surface area contributed by atoms with Gasteiger partial charge in [0.25, 0.3) is 0 Å². The number of carbonyl (C=O) groups excluding carboxylic acids is 1. The highest BCUT2D eigenvalue weighted by molar-refractivity contribution is 7.80. The molecule has 3 N–H and O–H groups in total. The third-order valence-electron chi connectivity index (χ3n) is 1.70. The molecule has 0 spiro atoms. The van der Waals surface area contributed by atoms with Gasteiger partial charge in [-0.1, -0.05) is 24.3 Å². The molecule has 0 atom stereocenters. The molecule has 0 saturated heterocycles. The Labute approximate surface area is 94.0 Å². The van der Waals surface area contributed by atoms with E-state index in [1.165, 1.54) is 0 Å². The van der Waals surface area contributed by atoms with Gasteiger partial charge in [0.15, 0.2) is 5.11 Å². The van der Waals surface area contributed by atoms with E-state index in [-0.39, 0.29) is 5.11 Å². The molecule has 0 radical (unpaired) electrons. The predicted molar refractivity (Wildman–Crippen MR) is 66.6 cm³/mol. The molecule has 0 aliphatic heterocycles. The monoisotopic (exact) mass is 220 g/mol. The van der Waals surface area contributed by atoms with Crippen molar-refractivity contribution in [1.29, 1.82) is 0 Å². The third-order valence-corrected chi connectivity index (χ3v) is 1.80. The van der Waals surface area contributed by atoms with Crippen molar-refractivity contribution >= 4 is 35.4 Å². The largest absolute Gasteiger partial charge is 0.376 e. The summed E-state index contributed by atoms with van der Waals surface area (Å²) in [4.78, 5) is 10.1. The molecule has 0 aliphatic rings. The van der Waals surface area contributed by atoms with Crippen LogP contribution in [0.1, 0.15) is 12.0 Å². The molecule has 15 heavy (non-hydrogen) atoms. The number of nitrogens with one attached hydrogen (secondary N) is 1. The van der Waals surface area contributed by atoms with Crippen LogP contribution >= 0.6 is 12.2 Å². The van der Waals surface area contributed by atoms with Crippen molar-refractivity contribution in [1.82, 2.24) is 0 Å². The Balaban J connectivity index is 2.73. The zero-order valence-electron chi connectivity index (χ0n) is 8.14. The molecule has 1 aromatic carbocycles. The van der Waals surface area contributed by atoms with Crippen molar-refractivity contribution in [2.24, 2.45) is 5.73 Å². The maximum Gasteiger partial charge on any atom is 0.168 e. The molecular weight excluding hydrogens is 208 g/mol. The Morgan fingerprint density at radius 3 is 3.00 bits per heavy atom. The minimum atomic E-state index is 0.240. The van der Waals surface area contributed by atoms with Gasteiger partial charge in [-0.15, -0.1) is 0 Å². The van der Waals surface area contributed by atoms with Gasteiger partial charge in [0.2, 0.25) is 0 Å². The number of nitrogens with two attached hydrogens (primary N) is 1. The minimum absolute atomic E-state index is 0.240. The smallest absolute Gasteiger partial charge is 0.168 e. The van der Waals surface area contributed by atoms with E-state index in [4.69, 9.17) is 18.0 Å². The van der Waals surface area contributed by atoms with Crippen molar-refractivity contribution in [3.05, 3.63) is 35.9 Å². The number of allylic oxidation sites excluding steroid dienone is 1. The van der Waals surface area contributed by atoms with Crippen molar-refractivity contribution in [3.63, 3.8) is 0 Å². The van der Waals surface area contributed by atoms with Crippen molar-refractivity contribution in [2.75, 3.05) is 5.32 Å². The van der Waals surface area contributed by atoms with Crippen molar-refractivity contribution in [2.45, 2.75) is 6.42 Å². The zero-order valence-corrected chi connectivity index (χ0v) is 8.96. The summed E-state index contributed by atoms with van der Waals surface area (Å²) in [5.41, 5.74) is 7.19. The third kappa shape index (κ3) is 4.37. The van der Waals surface area contributed by atoms with Crippen LogP contribution in [-0.4, -0.2) is 11.4 Å². The van der Waals surface area contributed by atoms with Crippen LogP contribution in [0.4, 0.5) is 5.69 Å². The average Bonchev–Trinajstić information content (AvgIpc) is 2.18. The van der Waals surface area contributed by atoms with Crippen LogP contribution in [0.25, 0.3) is 6.08 Å². The summed E-state index contributed by atoms with van der Waals surface area (Å²) < 4.78 is 0. The van der Waals surface area contributed by atoms with E-state index < -0.39 is 0 Å². The van der Waals surface area contributed by atoms with E-state index in [9.17, 15) is 4.79 Å². The second kappa shape index (κ2) is 5.93. The second-order valence-corrected chi connectivity index (χ2v) is 3.36. The quantitative estimate of drug-likeness (QED) is 0.601. The van der Waals surface area contributed by atoms with Gasteiger partial charge in [0.1, 0.15) is 6.29 Å². The normalized spacial score (nSPS) is 10.1. The number of rotatable bonds is 4. The molecule has 3 nitrogen and oxygen atoms in total. The van der Waals surface area contributed by atoms with Gasteiger partial charge in [0.05, 0.1) is 0 Å². The van der Waals surface area contributed by atoms with Gasteiger partial charge in [-0.3, -0.25) is 0 Å². The zero-order chi connectivity index (χ0) is 11.1. The van der Waals surface area contributed by atoms with Crippen LogP contribution in [0.5, 0.6) is 0 Å². The van der Waals surface area contributed by atoms with E-state index in [0.29, 0.717) is 6.42 Å². The van der Waals surface area contributed by atoms with E-state index in [2.05, 4.69) is 5.32 Å². The molecule has 0 saturated carbocycles. The molecule has 1 aromatic rings. The molecule has 0 fully saturated rings. The second-order valence-electron chi connectivity index (χ2n) is 2.92. The molecule has 0 bridgehead atoms. The van der Waals surface area contributed by atoms with Crippen LogP contribution in [-0.2, 0) is 4.79 Å². The Hall–Kier alpha value is -1.68. The van der Waals surface area contributed by atoms with E-state index in [1.54, 1.807) is 6.08 Å². The van der Waals surface area contributed by atoms with E-state index in [0.717, 1.165) is 17.5 Å². The van der Waals surface area contributed by atoms with E-state index in [1.807, 2.05) is 30.3 Å². The van der Waals surface area contributed by atoms with Gasteiger partial charge in [-0.05, 0) is 29.9 Å². The van der Waals surface area contributed by atoms with Crippen molar-refractivity contribution < 1.29 is 4.79 Å². The lowest BCUT2D eigenvalue weighted by Gasteiger charge is -2.03. The van der Waals surface area contributed by atoms with Crippen LogP contribution in [0, 0.1) is 0 Å². The van der Waals surface area contributed by atoms with Gasteiger partial charge < -0.3 is 15.8 Å². The van der Waals surface area contributed by atoms with Gasteiger partial charge in [-0.2, -0.15) is 0 Å².